The van der Waals surface area contributed by atoms with Gasteiger partial charge in [-0.15, -0.1) is 0 Å². The third-order valence-electron chi connectivity index (χ3n) is 7.19. The summed E-state index contributed by atoms with van der Waals surface area (Å²) in [4.78, 5) is 27.7. The van der Waals surface area contributed by atoms with Crippen LogP contribution in [0.15, 0.2) is 65.2 Å². The van der Waals surface area contributed by atoms with Crippen molar-refractivity contribution in [2.45, 2.75) is 32.4 Å². The molecule has 0 saturated carbocycles. The van der Waals surface area contributed by atoms with Gasteiger partial charge < -0.3 is 14.4 Å². The number of rotatable bonds is 3. The molecule has 172 valence electrons. The van der Waals surface area contributed by atoms with Crippen LogP contribution in [0.2, 0.25) is 0 Å². The molecule has 3 aliphatic rings. The number of aromatic hydroxyl groups is 1. The smallest absolute Gasteiger partial charge is 0.250 e. The molecule has 3 aliphatic heterocycles. The average Bonchev–Trinajstić information content (AvgIpc) is 3.12. The first kappa shape index (κ1) is 20.9. The second kappa shape index (κ2) is 7.99. The number of phenolic OH excluding ortho intramolecular Hbond substituents is 1. The van der Waals surface area contributed by atoms with Crippen molar-refractivity contribution in [2.75, 3.05) is 13.1 Å². The van der Waals surface area contributed by atoms with Crippen molar-refractivity contribution in [3.05, 3.63) is 98.7 Å². The van der Waals surface area contributed by atoms with Gasteiger partial charge in [0.2, 0.25) is 5.78 Å². The van der Waals surface area contributed by atoms with Crippen LogP contribution in [0.4, 0.5) is 0 Å². The lowest BCUT2D eigenvalue weighted by Crippen LogP contribution is -2.46. The van der Waals surface area contributed by atoms with E-state index >= 15 is 0 Å². The van der Waals surface area contributed by atoms with Gasteiger partial charge in [-0.3, -0.25) is 14.5 Å². The van der Waals surface area contributed by atoms with Gasteiger partial charge in [0.05, 0.1) is 11.1 Å². The standard InChI is InChI=1S/C28H26N2O4/c1-17-4-2-5-18(10-17)12-25-27(33)21-8-9-24(31)22(28(21)34-25)16-29-13-19-11-20(15-29)23-6-3-7-26(32)30(23)14-19/h2-10,12,19-20,31H,11,13-16H2,1H3/b25-12-/t19-,20+/m1/s1. The number of allylic oxidation sites excluding steroid dienone is 1. The molecular weight excluding hydrogens is 428 g/mol. The van der Waals surface area contributed by atoms with Gasteiger partial charge in [-0.1, -0.05) is 35.9 Å². The van der Waals surface area contributed by atoms with Crippen LogP contribution in [0.25, 0.3) is 6.08 Å². The van der Waals surface area contributed by atoms with Gasteiger partial charge >= 0.3 is 0 Å². The molecule has 2 atom stereocenters. The number of Topliss-reactive ketones (excluding diaryl/α,β-unsaturated/α-hetero) is 1. The highest BCUT2D eigenvalue weighted by atomic mass is 16.5. The molecule has 0 unspecified atom stereocenters. The first-order valence-electron chi connectivity index (χ1n) is 11.7. The molecule has 2 aromatic carbocycles. The Bertz CT molecular complexity index is 1400. The number of ketones is 1. The van der Waals surface area contributed by atoms with Crippen LogP contribution in [0.5, 0.6) is 11.5 Å². The molecule has 1 saturated heterocycles. The van der Waals surface area contributed by atoms with E-state index < -0.39 is 0 Å². The normalized spacial score (nSPS) is 22.4. The Hall–Kier alpha value is -3.64. The van der Waals surface area contributed by atoms with E-state index in [0.717, 1.165) is 42.9 Å². The molecule has 34 heavy (non-hydrogen) atoms. The lowest BCUT2D eigenvalue weighted by molar-refractivity contribution is 0.101. The molecule has 2 bridgehead atoms. The van der Waals surface area contributed by atoms with Gasteiger partial charge in [0.25, 0.3) is 5.56 Å². The molecule has 6 heteroatoms. The number of hydrogen-bond acceptors (Lipinski definition) is 5. The number of ether oxygens (including phenoxy) is 1. The molecular formula is C28H26N2O4. The summed E-state index contributed by atoms with van der Waals surface area (Å²) in [5, 5.41) is 10.7. The van der Waals surface area contributed by atoms with Crippen LogP contribution in [0, 0.1) is 12.8 Å². The van der Waals surface area contributed by atoms with Crippen LogP contribution in [-0.4, -0.2) is 33.4 Å². The number of fused-ring (bicyclic) bond motifs is 5. The van der Waals surface area contributed by atoms with E-state index in [1.807, 2.05) is 47.9 Å². The van der Waals surface area contributed by atoms with E-state index in [9.17, 15) is 14.7 Å². The van der Waals surface area contributed by atoms with Crippen molar-refractivity contribution < 1.29 is 14.6 Å². The summed E-state index contributed by atoms with van der Waals surface area (Å²) in [5.74, 6) is 1.36. The lowest BCUT2D eigenvalue weighted by atomic mass is 9.83. The number of aryl methyl sites for hydroxylation is 1. The molecule has 6 rings (SSSR count). The van der Waals surface area contributed by atoms with Crippen LogP contribution >= 0.6 is 0 Å². The SMILES string of the molecule is Cc1cccc(/C=C2\Oc3c(ccc(O)c3CN3C[C@H]4C[C@@H](C3)c3cccc(=O)n3C4)C2=O)c1. The van der Waals surface area contributed by atoms with Crippen molar-refractivity contribution in [3.63, 3.8) is 0 Å². The van der Waals surface area contributed by atoms with E-state index in [1.54, 1.807) is 24.3 Å². The second-order valence-corrected chi connectivity index (χ2v) is 9.69. The maximum absolute atomic E-state index is 13.0. The van der Waals surface area contributed by atoms with Crippen molar-refractivity contribution in [3.8, 4) is 11.5 Å². The van der Waals surface area contributed by atoms with E-state index in [1.165, 1.54) is 0 Å². The highest BCUT2D eigenvalue weighted by molar-refractivity contribution is 6.15. The highest BCUT2D eigenvalue weighted by Gasteiger charge is 2.36. The van der Waals surface area contributed by atoms with Crippen molar-refractivity contribution >= 4 is 11.9 Å². The number of carbonyl (C=O) groups excluding carboxylic acids is 1. The third kappa shape index (κ3) is 3.55. The number of nitrogens with zero attached hydrogens (tertiary/aromatic N) is 2. The minimum Gasteiger partial charge on any atom is -0.507 e. The number of pyridine rings is 1. The van der Waals surface area contributed by atoms with Crippen LogP contribution < -0.4 is 10.3 Å². The number of aromatic nitrogens is 1. The van der Waals surface area contributed by atoms with E-state index in [-0.39, 0.29) is 28.8 Å². The Balaban J connectivity index is 1.29. The van der Waals surface area contributed by atoms with Crippen LogP contribution in [-0.2, 0) is 13.1 Å². The van der Waals surface area contributed by atoms with Gasteiger partial charge in [-0.05, 0) is 49.1 Å². The maximum Gasteiger partial charge on any atom is 0.250 e. The molecule has 0 radical (unpaired) electrons. The minimum atomic E-state index is -0.165. The number of carbonyl (C=O) groups is 1. The van der Waals surface area contributed by atoms with Crippen LogP contribution in [0.3, 0.4) is 0 Å². The summed E-state index contributed by atoms with van der Waals surface area (Å²) < 4.78 is 7.98. The molecule has 1 N–H and O–H groups in total. The fourth-order valence-corrected chi connectivity index (χ4v) is 5.71. The van der Waals surface area contributed by atoms with Crippen molar-refractivity contribution in [2.24, 2.45) is 5.92 Å². The summed E-state index contributed by atoms with van der Waals surface area (Å²) in [5.41, 5.74) is 4.30. The largest absolute Gasteiger partial charge is 0.507 e. The summed E-state index contributed by atoms with van der Waals surface area (Å²) in [6.07, 6.45) is 2.83. The summed E-state index contributed by atoms with van der Waals surface area (Å²) in [6.45, 7) is 4.85. The molecule has 4 heterocycles. The second-order valence-electron chi connectivity index (χ2n) is 9.69. The summed E-state index contributed by atoms with van der Waals surface area (Å²) >= 11 is 0. The molecule has 1 aromatic heterocycles. The predicted molar refractivity (Wildman–Crippen MR) is 129 cm³/mol. The van der Waals surface area contributed by atoms with Gasteiger partial charge in [-0.25, -0.2) is 0 Å². The fourth-order valence-electron chi connectivity index (χ4n) is 5.71. The van der Waals surface area contributed by atoms with E-state index in [4.69, 9.17) is 4.74 Å². The average molecular weight is 455 g/mol. The predicted octanol–water partition coefficient (Wildman–Crippen LogP) is 4.10. The fraction of sp³-hybridized carbons (Fsp3) is 0.286. The Morgan fingerprint density at radius 3 is 2.76 bits per heavy atom. The maximum atomic E-state index is 13.0. The first-order chi connectivity index (χ1) is 16.5. The molecule has 1 fully saturated rings. The number of hydrogen-bond donors (Lipinski definition) is 1. The Kier molecular flexibility index (Phi) is 4.92. The highest BCUT2D eigenvalue weighted by Crippen LogP contribution is 2.42. The lowest BCUT2D eigenvalue weighted by Gasteiger charge is -2.42. The van der Waals surface area contributed by atoms with Gasteiger partial charge in [0.15, 0.2) is 5.76 Å². The number of phenols is 1. The monoisotopic (exact) mass is 454 g/mol. The molecule has 6 nitrogen and oxygen atoms in total. The topological polar surface area (TPSA) is 71.8 Å². The van der Waals surface area contributed by atoms with Gasteiger partial charge in [-0.2, -0.15) is 0 Å². The zero-order chi connectivity index (χ0) is 23.4. The molecule has 0 amide bonds. The van der Waals surface area contributed by atoms with Crippen molar-refractivity contribution in [1.29, 1.82) is 0 Å². The Labute approximate surface area is 197 Å². The molecule has 3 aromatic rings. The van der Waals surface area contributed by atoms with Crippen LogP contribution in [0.1, 0.15) is 45.1 Å². The van der Waals surface area contributed by atoms with Crippen molar-refractivity contribution in [1.82, 2.24) is 9.47 Å². The zero-order valence-electron chi connectivity index (χ0n) is 19.0. The Morgan fingerprint density at radius 2 is 1.91 bits per heavy atom. The third-order valence-corrected chi connectivity index (χ3v) is 7.19. The summed E-state index contributed by atoms with van der Waals surface area (Å²) in [6, 6.07) is 16.6. The first-order valence-corrected chi connectivity index (χ1v) is 11.7. The zero-order valence-corrected chi connectivity index (χ0v) is 19.0. The quantitative estimate of drug-likeness (QED) is 0.604. The van der Waals surface area contributed by atoms with Gasteiger partial charge in [0.1, 0.15) is 11.5 Å². The summed E-state index contributed by atoms with van der Waals surface area (Å²) in [7, 11) is 0. The number of piperidine rings is 1. The van der Waals surface area contributed by atoms with E-state index in [2.05, 4.69) is 4.90 Å². The van der Waals surface area contributed by atoms with Gasteiger partial charge in [0, 0.05) is 43.9 Å². The minimum absolute atomic E-state index is 0.0685. The van der Waals surface area contributed by atoms with E-state index in [0.29, 0.717) is 29.3 Å². The molecule has 0 spiro atoms. The molecule has 0 aliphatic carbocycles. The number of likely N-dealkylation sites (tertiary alicyclic amines) is 1. The number of benzene rings is 2. The Morgan fingerprint density at radius 1 is 1.06 bits per heavy atom.